The molecular formula is C11H13N3OS. The molecule has 0 saturated carbocycles. The molecule has 5 heteroatoms. The Hall–Kier alpha value is -1.62. The molecule has 0 radical (unpaired) electrons. The van der Waals surface area contributed by atoms with Crippen LogP contribution in [0.3, 0.4) is 0 Å². The van der Waals surface area contributed by atoms with Crippen LogP contribution in [0.15, 0.2) is 18.2 Å². The smallest absolute Gasteiger partial charge is 0.253 e. The van der Waals surface area contributed by atoms with Gasteiger partial charge in [0.2, 0.25) is 0 Å². The van der Waals surface area contributed by atoms with Crippen LogP contribution in [-0.4, -0.2) is 29.5 Å². The lowest BCUT2D eigenvalue weighted by molar-refractivity contribution is 0.0781. The maximum Gasteiger partial charge on any atom is 0.253 e. The maximum absolute atomic E-state index is 11.8. The van der Waals surface area contributed by atoms with Crippen molar-refractivity contribution in [1.82, 2.24) is 4.90 Å². The number of hydrogen-bond acceptors (Lipinski definition) is 2. The molecular weight excluding hydrogens is 222 g/mol. The van der Waals surface area contributed by atoms with E-state index < -0.39 is 0 Å². The van der Waals surface area contributed by atoms with E-state index in [2.05, 4.69) is 5.32 Å². The average Bonchev–Trinajstić information content (AvgIpc) is 2.23. The Morgan fingerprint density at radius 2 is 2.31 bits per heavy atom. The highest BCUT2D eigenvalue weighted by Gasteiger charge is 2.21. The van der Waals surface area contributed by atoms with Gasteiger partial charge in [0.1, 0.15) is 0 Å². The average molecular weight is 235 g/mol. The standard InChI is InChI=1S/C11H13N3OS/c1-14-5-4-7-6-8(13-11(12)16)2-3-9(7)10(14)15/h2-3,6H,4-5H2,1H3,(H3,12,13,16). The second kappa shape index (κ2) is 4.09. The van der Waals surface area contributed by atoms with Crippen LogP contribution in [0.4, 0.5) is 5.69 Å². The molecule has 1 heterocycles. The third-order valence-electron chi connectivity index (χ3n) is 2.67. The van der Waals surface area contributed by atoms with E-state index in [1.165, 1.54) is 0 Å². The van der Waals surface area contributed by atoms with Crippen molar-refractivity contribution in [2.45, 2.75) is 6.42 Å². The van der Waals surface area contributed by atoms with Gasteiger partial charge < -0.3 is 16.0 Å². The van der Waals surface area contributed by atoms with Crippen LogP contribution in [0.1, 0.15) is 15.9 Å². The zero-order chi connectivity index (χ0) is 11.7. The quantitative estimate of drug-likeness (QED) is 0.712. The molecule has 84 valence electrons. The molecule has 0 spiro atoms. The summed E-state index contributed by atoms with van der Waals surface area (Å²) in [6.45, 7) is 0.752. The van der Waals surface area contributed by atoms with E-state index in [9.17, 15) is 4.79 Å². The minimum Gasteiger partial charge on any atom is -0.376 e. The van der Waals surface area contributed by atoms with Gasteiger partial charge in [-0.2, -0.15) is 0 Å². The summed E-state index contributed by atoms with van der Waals surface area (Å²) in [5.74, 6) is 0.0723. The van der Waals surface area contributed by atoms with Crippen molar-refractivity contribution < 1.29 is 4.79 Å². The number of nitrogens with one attached hydrogen (secondary N) is 1. The molecule has 0 aromatic heterocycles. The second-order valence-corrected chi connectivity index (χ2v) is 4.28. The first kappa shape index (κ1) is 10.9. The molecule has 1 amide bonds. The van der Waals surface area contributed by atoms with Crippen LogP contribution in [0.2, 0.25) is 0 Å². The number of anilines is 1. The van der Waals surface area contributed by atoms with Gasteiger partial charge in [0.05, 0.1) is 0 Å². The van der Waals surface area contributed by atoms with E-state index in [1.54, 1.807) is 4.90 Å². The van der Waals surface area contributed by atoms with E-state index in [4.69, 9.17) is 18.0 Å². The number of likely N-dealkylation sites (N-methyl/N-ethyl adjacent to an activating group) is 1. The first-order chi connectivity index (χ1) is 7.58. The minimum absolute atomic E-state index is 0.0723. The van der Waals surface area contributed by atoms with Gasteiger partial charge in [-0.25, -0.2) is 0 Å². The van der Waals surface area contributed by atoms with Crippen LogP contribution in [0.25, 0.3) is 0 Å². The zero-order valence-electron chi connectivity index (χ0n) is 8.99. The van der Waals surface area contributed by atoms with Crippen molar-refractivity contribution in [1.29, 1.82) is 0 Å². The van der Waals surface area contributed by atoms with E-state index >= 15 is 0 Å². The number of rotatable bonds is 1. The summed E-state index contributed by atoms with van der Waals surface area (Å²) < 4.78 is 0. The Balaban J connectivity index is 2.33. The van der Waals surface area contributed by atoms with Gasteiger partial charge in [-0.15, -0.1) is 0 Å². The second-order valence-electron chi connectivity index (χ2n) is 3.84. The number of carbonyl (C=O) groups excluding carboxylic acids is 1. The van der Waals surface area contributed by atoms with Crippen molar-refractivity contribution in [2.24, 2.45) is 5.73 Å². The number of nitrogens with two attached hydrogens (primary N) is 1. The number of fused-ring (bicyclic) bond motifs is 1. The van der Waals surface area contributed by atoms with Gasteiger partial charge in [0.15, 0.2) is 5.11 Å². The number of benzene rings is 1. The van der Waals surface area contributed by atoms with Crippen LogP contribution >= 0.6 is 12.2 Å². The van der Waals surface area contributed by atoms with Gasteiger partial charge in [-0.05, 0) is 42.4 Å². The molecule has 16 heavy (non-hydrogen) atoms. The molecule has 2 rings (SSSR count). The van der Waals surface area contributed by atoms with E-state index in [1.807, 2.05) is 25.2 Å². The van der Waals surface area contributed by atoms with E-state index in [0.717, 1.165) is 29.8 Å². The van der Waals surface area contributed by atoms with Crippen LogP contribution in [0.5, 0.6) is 0 Å². The molecule has 0 atom stereocenters. The lowest BCUT2D eigenvalue weighted by Gasteiger charge is -2.25. The fourth-order valence-electron chi connectivity index (χ4n) is 1.82. The fourth-order valence-corrected chi connectivity index (χ4v) is 1.94. The summed E-state index contributed by atoms with van der Waals surface area (Å²) in [7, 11) is 1.81. The highest BCUT2D eigenvalue weighted by atomic mass is 32.1. The highest BCUT2D eigenvalue weighted by molar-refractivity contribution is 7.80. The summed E-state index contributed by atoms with van der Waals surface area (Å²) in [5.41, 5.74) is 8.04. The zero-order valence-corrected chi connectivity index (χ0v) is 9.80. The molecule has 1 aliphatic rings. The highest BCUT2D eigenvalue weighted by Crippen LogP contribution is 2.21. The first-order valence-corrected chi connectivity index (χ1v) is 5.43. The molecule has 1 aliphatic heterocycles. The molecule has 4 nitrogen and oxygen atoms in total. The van der Waals surface area contributed by atoms with Crippen LogP contribution < -0.4 is 11.1 Å². The Morgan fingerprint density at radius 1 is 1.56 bits per heavy atom. The van der Waals surface area contributed by atoms with E-state index in [0.29, 0.717) is 0 Å². The normalized spacial score (nSPS) is 14.6. The van der Waals surface area contributed by atoms with Gasteiger partial charge >= 0.3 is 0 Å². The largest absolute Gasteiger partial charge is 0.376 e. The molecule has 1 aromatic rings. The summed E-state index contributed by atoms with van der Waals surface area (Å²) in [6, 6.07) is 5.56. The van der Waals surface area contributed by atoms with Crippen molar-refractivity contribution in [2.75, 3.05) is 18.9 Å². The SMILES string of the molecule is CN1CCc2cc(NC(N)=S)ccc2C1=O. The molecule has 0 bridgehead atoms. The fraction of sp³-hybridized carbons (Fsp3) is 0.273. The van der Waals surface area contributed by atoms with Crippen molar-refractivity contribution in [3.05, 3.63) is 29.3 Å². The summed E-state index contributed by atoms with van der Waals surface area (Å²) in [5, 5.41) is 3.10. The minimum atomic E-state index is 0.0723. The summed E-state index contributed by atoms with van der Waals surface area (Å²) >= 11 is 4.77. The third kappa shape index (κ3) is 1.99. The van der Waals surface area contributed by atoms with Gasteiger partial charge in [0, 0.05) is 24.8 Å². The maximum atomic E-state index is 11.8. The van der Waals surface area contributed by atoms with Crippen molar-refractivity contribution in [3.63, 3.8) is 0 Å². The predicted molar refractivity (Wildman–Crippen MR) is 67.5 cm³/mol. The first-order valence-electron chi connectivity index (χ1n) is 5.03. The number of amides is 1. The number of hydrogen-bond donors (Lipinski definition) is 2. The van der Waals surface area contributed by atoms with Crippen molar-refractivity contribution >= 4 is 28.9 Å². The number of thiocarbonyl (C=S) groups is 1. The van der Waals surface area contributed by atoms with Gasteiger partial charge in [-0.3, -0.25) is 4.79 Å². The Labute approximate surface area is 99.4 Å². The lowest BCUT2D eigenvalue weighted by atomic mass is 9.99. The monoisotopic (exact) mass is 235 g/mol. The molecule has 3 N–H and O–H groups in total. The number of carbonyl (C=O) groups is 1. The van der Waals surface area contributed by atoms with E-state index in [-0.39, 0.29) is 11.0 Å². The molecule has 1 aromatic carbocycles. The lowest BCUT2D eigenvalue weighted by Crippen LogP contribution is -2.34. The van der Waals surface area contributed by atoms with Crippen molar-refractivity contribution in [3.8, 4) is 0 Å². The van der Waals surface area contributed by atoms with Gasteiger partial charge in [-0.1, -0.05) is 0 Å². The molecule has 0 unspecified atom stereocenters. The van der Waals surface area contributed by atoms with Crippen LogP contribution in [-0.2, 0) is 6.42 Å². The number of nitrogens with zero attached hydrogens (tertiary/aromatic N) is 1. The Kier molecular flexibility index (Phi) is 2.78. The Morgan fingerprint density at radius 3 is 3.00 bits per heavy atom. The Bertz CT molecular complexity index is 459. The topological polar surface area (TPSA) is 58.4 Å². The summed E-state index contributed by atoms with van der Waals surface area (Å²) in [4.78, 5) is 13.5. The van der Waals surface area contributed by atoms with Crippen LogP contribution in [0, 0.1) is 0 Å². The predicted octanol–water partition coefficient (Wildman–Crippen LogP) is 0.970. The third-order valence-corrected chi connectivity index (χ3v) is 2.77. The molecule has 0 aliphatic carbocycles. The summed E-state index contributed by atoms with van der Waals surface area (Å²) in [6.07, 6.45) is 0.866. The molecule has 0 saturated heterocycles. The molecule has 0 fully saturated rings. The van der Waals surface area contributed by atoms with Gasteiger partial charge in [0.25, 0.3) is 5.91 Å².